The van der Waals surface area contributed by atoms with Crippen molar-refractivity contribution in [1.82, 2.24) is 9.97 Å². The van der Waals surface area contributed by atoms with E-state index in [2.05, 4.69) is 15.3 Å². The van der Waals surface area contributed by atoms with E-state index < -0.39 is 27.3 Å². The summed E-state index contributed by atoms with van der Waals surface area (Å²) in [4.78, 5) is 7.61. The van der Waals surface area contributed by atoms with Gasteiger partial charge in [0.05, 0.1) is 9.73 Å². The van der Waals surface area contributed by atoms with Crippen LogP contribution >= 0.6 is 0 Å². The van der Waals surface area contributed by atoms with Crippen LogP contribution in [0.5, 0.6) is 0 Å². The highest BCUT2D eigenvalue weighted by atomic mass is 32.2. The molecule has 0 aliphatic heterocycles. The number of hydrogen-bond acceptors (Lipinski definition) is 6. The van der Waals surface area contributed by atoms with E-state index in [-0.39, 0.29) is 11.2 Å². The van der Waals surface area contributed by atoms with Crippen LogP contribution in [0.3, 0.4) is 0 Å². The largest absolute Gasteiger partial charge is 0.421 e. The van der Waals surface area contributed by atoms with Crippen molar-refractivity contribution in [2.24, 2.45) is 0 Å². The van der Waals surface area contributed by atoms with Gasteiger partial charge in [-0.2, -0.15) is 18.2 Å². The van der Waals surface area contributed by atoms with Crippen molar-refractivity contribution in [3.8, 4) is 0 Å². The van der Waals surface area contributed by atoms with Crippen molar-refractivity contribution in [3.05, 3.63) is 36.0 Å². The highest BCUT2D eigenvalue weighted by Crippen LogP contribution is 2.35. The lowest BCUT2D eigenvalue weighted by atomic mass is 10.3. The van der Waals surface area contributed by atoms with Crippen LogP contribution in [0.1, 0.15) is 18.4 Å². The Kier molecular flexibility index (Phi) is 3.86. The van der Waals surface area contributed by atoms with Crippen molar-refractivity contribution < 1.29 is 17.4 Å². The number of hydrogen-bond donors (Lipinski definition) is 3. The third-order valence-corrected chi connectivity index (χ3v) is 5.96. The minimum atomic E-state index is -4.61. The van der Waals surface area contributed by atoms with Gasteiger partial charge in [-0.15, -0.1) is 0 Å². The molecule has 0 bridgehead atoms. The quantitative estimate of drug-likeness (QED) is 0.778. The monoisotopic (exact) mass is 357 g/mol. The van der Waals surface area contributed by atoms with Crippen molar-refractivity contribution in [2.75, 3.05) is 11.1 Å². The number of halogens is 3. The summed E-state index contributed by atoms with van der Waals surface area (Å²) in [5, 5.41) is 2.63. The zero-order valence-electron chi connectivity index (χ0n) is 12.3. The maximum atomic E-state index is 12.6. The summed E-state index contributed by atoms with van der Waals surface area (Å²) >= 11 is 0. The molecule has 1 fully saturated rings. The summed E-state index contributed by atoms with van der Waals surface area (Å²) in [6.07, 6.45) is -2.41. The predicted octanol–water partition coefficient (Wildman–Crippen LogP) is 3.39. The molecule has 10 heteroatoms. The van der Waals surface area contributed by atoms with Gasteiger partial charge in [0.2, 0.25) is 5.95 Å². The minimum Gasteiger partial charge on any atom is -0.383 e. The van der Waals surface area contributed by atoms with E-state index in [0.717, 1.165) is 12.8 Å². The minimum absolute atomic E-state index is 0.0814. The van der Waals surface area contributed by atoms with E-state index in [1.807, 2.05) is 0 Å². The van der Waals surface area contributed by atoms with E-state index in [1.54, 1.807) is 24.3 Å². The number of nitrogens with two attached hydrogens (primary N) is 1. The average Bonchev–Trinajstić information content (AvgIpc) is 3.31. The molecule has 1 saturated carbocycles. The zero-order chi connectivity index (χ0) is 17.5. The van der Waals surface area contributed by atoms with Crippen LogP contribution in [0.15, 0.2) is 35.4 Å². The molecular weight excluding hydrogens is 343 g/mol. The van der Waals surface area contributed by atoms with Gasteiger partial charge in [0.15, 0.2) is 0 Å². The molecular formula is C14H14F3N5OS. The molecule has 3 rings (SSSR count). The lowest BCUT2D eigenvalue weighted by molar-refractivity contribution is -0.137. The molecule has 1 aromatic carbocycles. The Morgan fingerprint density at radius 1 is 1.25 bits per heavy atom. The molecule has 1 unspecified atom stereocenters. The summed E-state index contributed by atoms with van der Waals surface area (Å²) < 4.78 is 58.1. The second-order valence-electron chi connectivity index (χ2n) is 5.44. The fraction of sp³-hybridized carbons (Fsp3) is 0.286. The number of alkyl halides is 3. The van der Waals surface area contributed by atoms with Crippen LogP contribution < -0.4 is 11.1 Å². The van der Waals surface area contributed by atoms with E-state index >= 15 is 0 Å². The van der Waals surface area contributed by atoms with Gasteiger partial charge in [0, 0.05) is 22.0 Å². The first-order chi connectivity index (χ1) is 11.2. The molecule has 6 nitrogen and oxygen atoms in total. The second-order valence-corrected chi connectivity index (χ2v) is 7.78. The fourth-order valence-corrected chi connectivity index (χ4v) is 3.86. The van der Waals surface area contributed by atoms with Crippen molar-refractivity contribution in [1.29, 1.82) is 4.78 Å². The average molecular weight is 357 g/mol. The van der Waals surface area contributed by atoms with Crippen LogP contribution in [0.2, 0.25) is 0 Å². The van der Waals surface area contributed by atoms with Gasteiger partial charge >= 0.3 is 6.18 Å². The fourth-order valence-electron chi connectivity index (χ4n) is 2.14. The third kappa shape index (κ3) is 3.28. The lowest BCUT2D eigenvalue weighted by Gasteiger charge is -2.11. The number of nitrogens with zero attached hydrogens (tertiary/aromatic N) is 2. The molecule has 128 valence electrons. The van der Waals surface area contributed by atoms with E-state index in [4.69, 9.17) is 10.5 Å². The van der Waals surface area contributed by atoms with E-state index in [0.29, 0.717) is 16.8 Å². The number of nitrogen functional groups attached to an aromatic ring is 1. The topological polar surface area (TPSA) is 105 Å². The smallest absolute Gasteiger partial charge is 0.383 e. The lowest BCUT2D eigenvalue weighted by Crippen LogP contribution is -2.12. The Bertz CT molecular complexity index is 861. The first-order valence-electron chi connectivity index (χ1n) is 7.02. The van der Waals surface area contributed by atoms with Crippen LogP contribution in [0.25, 0.3) is 0 Å². The first-order valence-corrected chi connectivity index (χ1v) is 8.64. The highest BCUT2D eigenvalue weighted by molar-refractivity contribution is 7.93. The van der Waals surface area contributed by atoms with Gasteiger partial charge in [-0.1, -0.05) is 0 Å². The van der Waals surface area contributed by atoms with Gasteiger partial charge in [0.25, 0.3) is 0 Å². The molecule has 1 heterocycles. The van der Waals surface area contributed by atoms with Gasteiger partial charge in [-0.3, -0.25) is 0 Å². The zero-order valence-corrected chi connectivity index (χ0v) is 13.1. The SMILES string of the molecule is N=S(=O)(c1ccc(Nc2ncc(C(F)(F)F)c(N)n2)cc1)C1CC1. The van der Waals surface area contributed by atoms with Crippen molar-refractivity contribution in [3.63, 3.8) is 0 Å². The Hall–Kier alpha value is -2.36. The molecule has 1 aliphatic carbocycles. The highest BCUT2D eigenvalue weighted by Gasteiger charge is 2.35. The third-order valence-electron chi connectivity index (χ3n) is 3.58. The van der Waals surface area contributed by atoms with Gasteiger partial charge < -0.3 is 11.1 Å². The summed E-state index contributed by atoms with van der Waals surface area (Å²) in [7, 11) is -2.79. The molecule has 0 saturated heterocycles. The van der Waals surface area contributed by atoms with Crippen LogP contribution in [-0.2, 0) is 15.9 Å². The Labute approximate surface area is 136 Å². The summed E-state index contributed by atoms with van der Waals surface area (Å²) in [6, 6.07) is 6.26. The van der Waals surface area contributed by atoms with Crippen molar-refractivity contribution >= 4 is 27.2 Å². The molecule has 1 atom stereocenters. The van der Waals surface area contributed by atoms with Crippen molar-refractivity contribution in [2.45, 2.75) is 29.2 Å². The summed E-state index contributed by atoms with van der Waals surface area (Å²) in [5.74, 6) is -0.749. The van der Waals surface area contributed by atoms with Gasteiger partial charge in [0.1, 0.15) is 11.4 Å². The molecule has 2 aromatic rings. The molecule has 4 N–H and O–H groups in total. The number of nitrogens with one attached hydrogen (secondary N) is 2. The molecule has 1 aliphatic rings. The normalized spacial score (nSPS) is 17.3. The second kappa shape index (κ2) is 5.62. The molecule has 0 amide bonds. The van der Waals surface area contributed by atoms with Crippen LogP contribution in [-0.4, -0.2) is 19.4 Å². The Morgan fingerprint density at radius 2 is 1.88 bits per heavy atom. The number of benzene rings is 1. The summed E-state index contributed by atoms with van der Waals surface area (Å²) in [5.41, 5.74) is 4.70. The van der Waals surface area contributed by atoms with Gasteiger partial charge in [-0.25, -0.2) is 14.0 Å². The maximum absolute atomic E-state index is 12.6. The van der Waals surface area contributed by atoms with Gasteiger partial charge in [-0.05, 0) is 37.1 Å². The molecule has 24 heavy (non-hydrogen) atoms. The molecule has 1 aromatic heterocycles. The summed E-state index contributed by atoms with van der Waals surface area (Å²) in [6.45, 7) is 0. The number of aromatic nitrogens is 2. The maximum Gasteiger partial charge on any atom is 0.421 e. The Morgan fingerprint density at radius 3 is 2.38 bits per heavy atom. The molecule has 0 spiro atoms. The number of anilines is 3. The number of rotatable bonds is 4. The van der Waals surface area contributed by atoms with E-state index in [1.165, 1.54) is 0 Å². The Balaban J connectivity index is 1.78. The first kappa shape index (κ1) is 16.5. The van der Waals surface area contributed by atoms with E-state index in [9.17, 15) is 17.4 Å². The van der Waals surface area contributed by atoms with Crippen LogP contribution in [0, 0.1) is 4.78 Å². The molecule has 0 radical (unpaired) electrons. The van der Waals surface area contributed by atoms with Crippen LogP contribution in [0.4, 0.5) is 30.6 Å². The predicted molar refractivity (Wildman–Crippen MR) is 83.3 cm³/mol. The standard InChI is InChI=1S/C14H14F3N5OS/c15-14(16,17)11-7-20-13(22-12(11)18)21-8-1-3-9(4-2-8)24(19,23)10-5-6-10/h1-4,7,10,19H,5-6H2,(H3,18,20,21,22).